The topological polar surface area (TPSA) is 38.0 Å². The Morgan fingerprint density at radius 1 is 1.05 bits per heavy atom. The maximum Gasteiger partial charge on any atom is 0.0316 e. The Hall–Kier alpha value is -1.02. The van der Waals surface area contributed by atoms with Gasteiger partial charge in [-0.1, -0.05) is 51.7 Å². The summed E-state index contributed by atoms with van der Waals surface area (Å²) in [7, 11) is 0. The first-order valence-electron chi connectivity index (χ1n) is 7.73. The van der Waals surface area contributed by atoms with Crippen LogP contribution in [0.25, 0.3) is 0 Å². The third-order valence-corrected chi connectivity index (χ3v) is 3.43. The van der Waals surface area contributed by atoms with Gasteiger partial charge in [0.15, 0.2) is 0 Å². The summed E-state index contributed by atoms with van der Waals surface area (Å²) in [5, 5.41) is 3.51. The minimum Gasteiger partial charge on any atom is -0.399 e. The summed E-state index contributed by atoms with van der Waals surface area (Å²) in [5.74, 6) is 0.858. The minimum absolute atomic E-state index is 0.858. The van der Waals surface area contributed by atoms with Gasteiger partial charge in [0.1, 0.15) is 0 Å². The summed E-state index contributed by atoms with van der Waals surface area (Å²) in [4.78, 5) is 0. The maximum atomic E-state index is 5.76. The Bertz CT molecular complexity index is 334. The number of anilines is 1. The molecule has 2 heteroatoms. The van der Waals surface area contributed by atoms with Crippen molar-refractivity contribution < 1.29 is 0 Å². The van der Waals surface area contributed by atoms with Crippen LogP contribution in [-0.2, 0) is 6.42 Å². The van der Waals surface area contributed by atoms with Crippen molar-refractivity contribution in [1.29, 1.82) is 0 Å². The number of rotatable bonds is 10. The van der Waals surface area contributed by atoms with Crippen LogP contribution < -0.4 is 11.1 Å². The van der Waals surface area contributed by atoms with Crippen LogP contribution in [0.3, 0.4) is 0 Å². The van der Waals surface area contributed by atoms with Crippen LogP contribution in [0, 0.1) is 5.92 Å². The van der Waals surface area contributed by atoms with Gasteiger partial charge in [0.2, 0.25) is 0 Å². The Morgan fingerprint density at radius 2 is 1.84 bits per heavy atom. The van der Waals surface area contributed by atoms with E-state index < -0.39 is 0 Å². The highest BCUT2D eigenvalue weighted by Crippen LogP contribution is 2.09. The third kappa shape index (κ3) is 8.66. The van der Waals surface area contributed by atoms with E-state index in [2.05, 4.69) is 31.3 Å². The fourth-order valence-corrected chi connectivity index (χ4v) is 2.26. The number of hydrogen-bond acceptors (Lipinski definition) is 2. The lowest BCUT2D eigenvalue weighted by Crippen LogP contribution is -2.18. The molecule has 0 aromatic heterocycles. The van der Waals surface area contributed by atoms with Crippen molar-refractivity contribution in [3.63, 3.8) is 0 Å². The molecule has 1 aromatic rings. The standard InChI is InChI=1S/C17H30N2/c1-15(2)8-5-3-4-6-12-19-13-11-16-9-7-10-17(18)14-16/h7,9-10,14-15,19H,3-6,8,11-13,18H2,1-2H3. The highest BCUT2D eigenvalue weighted by Gasteiger charge is 1.96. The minimum atomic E-state index is 0.858. The van der Waals surface area contributed by atoms with E-state index in [1.54, 1.807) is 0 Å². The third-order valence-electron chi connectivity index (χ3n) is 3.43. The molecule has 0 spiro atoms. The molecular weight excluding hydrogens is 232 g/mol. The summed E-state index contributed by atoms with van der Waals surface area (Å²) in [6.07, 6.45) is 7.88. The van der Waals surface area contributed by atoms with Crippen molar-refractivity contribution in [3.8, 4) is 0 Å². The molecule has 0 aliphatic rings. The molecular formula is C17H30N2. The van der Waals surface area contributed by atoms with E-state index in [4.69, 9.17) is 5.73 Å². The Morgan fingerprint density at radius 3 is 2.58 bits per heavy atom. The summed E-state index contributed by atoms with van der Waals surface area (Å²) in [6, 6.07) is 8.17. The largest absolute Gasteiger partial charge is 0.399 e. The predicted octanol–water partition coefficient (Wildman–Crippen LogP) is 4.01. The second kappa shape index (κ2) is 9.85. The SMILES string of the molecule is CC(C)CCCCCCNCCc1cccc(N)c1. The molecule has 2 nitrogen and oxygen atoms in total. The van der Waals surface area contributed by atoms with Gasteiger partial charge < -0.3 is 11.1 Å². The number of nitrogens with two attached hydrogens (primary N) is 1. The predicted molar refractivity (Wildman–Crippen MR) is 85.4 cm³/mol. The number of hydrogen-bond donors (Lipinski definition) is 2. The molecule has 0 aliphatic carbocycles. The van der Waals surface area contributed by atoms with Crippen molar-refractivity contribution in [1.82, 2.24) is 5.32 Å². The van der Waals surface area contributed by atoms with E-state index in [1.165, 1.54) is 37.7 Å². The van der Waals surface area contributed by atoms with Gasteiger partial charge in [-0.3, -0.25) is 0 Å². The lowest BCUT2D eigenvalue weighted by Gasteiger charge is -2.06. The van der Waals surface area contributed by atoms with Crippen molar-refractivity contribution in [2.75, 3.05) is 18.8 Å². The van der Waals surface area contributed by atoms with E-state index in [0.717, 1.165) is 31.1 Å². The first-order chi connectivity index (χ1) is 9.18. The number of unbranched alkanes of at least 4 members (excludes halogenated alkanes) is 3. The molecule has 0 heterocycles. The normalized spacial score (nSPS) is 11.1. The molecule has 0 unspecified atom stereocenters. The highest BCUT2D eigenvalue weighted by molar-refractivity contribution is 5.40. The van der Waals surface area contributed by atoms with Crippen molar-refractivity contribution in [2.45, 2.75) is 52.4 Å². The molecule has 0 amide bonds. The van der Waals surface area contributed by atoms with Gasteiger partial charge in [0.25, 0.3) is 0 Å². The van der Waals surface area contributed by atoms with E-state index in [0.29, 0.717) is 0 Å². The van der Waals surface area contributed by atoms with Crippen LogP contribution in [0.4, 0.5) is 5.69 Å². The fraction of sp³-hybridized carbons (Fsp3) is 0.647. The molecule has 0 bridgehead atoms. The molecule has 0 radical (unpaired) electrons. The molecule has 1 rings (SSSR count). The summed E-state index contributed by atoms with van der Waals surface area (Å²) in [6.45, 7) is 6.80. The number of nitrogen functional groups attached to an aromatic ring is 1. The molecule has 0 aliphatic heterocycles. The second-order valence-corrected chi connectivity index (χ2v) is 5.84. The Balaban J connectivity index is 1.91. The average Bonchev–Trinajstić information content (AvgIpc) is 2.36. The van der Waals surface area contributed by atoms with E-state index >= 15 is 0 Å². The molecule has 0 saturated heterocycles. The van der Waals surface area contributed by atoms with Crippen LogP contribution in [0.15, 0.2) is 24.3 Å². The number of nitrogens with one attached hydrogen (secondary N) is 1. The molecule has 0 fully saturated rings. The van der Waals surface area contributed by atoms with Gasteiger partial charge in [0, 0.05) is 5.69 Å². The van der Waals surface area contributed by atoms with Crippen LogP contribution in [0.2, 0.25) is 0 Å². The van der Waals surface area contributed by atoms with Gasteiger partial charge in [0.05, 0.1) is 0 Å². The monoisotopic (exact) mass is 262 g/mol. The van der Waals surface area contributed by atoms with Crippen molar-refractivity contribution >= 4 is 5.69 Å². The van der Waals surface area contributed by atoms with Crippen LogP contribution in [0.1, 0.15) is 51.5 Å². The molecule has 108 valence electrons. The van der Waals surface area contributed by atoms with Gasteiger partial charge in [-0.05, 0) is 49.5 Å². The van der Waals surface area contributed by atoms with Gasteiger partial charge in [-0.25, -0.2) is 0 Å². The zero-order chi connectivity index (χ0) is 13.9. The van der Waals surface area contributed by atoms with E-state index in [9.17, 15) is 0 Å². The second-order valence-electron chi connectivity index (χ2n) is 5.84. The molecule has 1 aromatic carbocycles. The number of benzene rings is 1. The van der Waals surface area contributed by atoms with Gasteiger partial charge in [-0.2, -0.15) is 0 Å². The molecule has 0 saturated carbocycles. The fourth-order valence-electron chi connectivity index (χ4n) is 2.26. The van der Waals surface area contributed by atoms with Crippen molar-refractivity contribution in [2.24, 2.45) is 5.92 Å². The highest BCUT2D eigenvalue weighted by atomic mass is 14.8. The molecule has 0 atom stereocenters. The lowest BCUT2D eigenvalue weighted by molar-refractivity contribution is 0.512. The first-order valence-corrected chi connectivity index (χ1v) is 7.73. The zero-order valence-corrected chi connectivity index (χ0v) is 12.6. The van der Waals surface area contributed by atoms with E-state index in [-0.39, 0.29) is 0 Å². The van der Waals surface area contributed by atoms with Crippen LogP contribution in [-0.4, -0.2) is 13.1 Å². The summed E-state index contributed by atoms with van der Waals surface area (Å²) in [5.41, 5.74) is 7.94. The quantitative estimate of drug-likeness (QED) is 0.494. The van der Waals surface area contributed by atoms with E-state index in [1.807, 2.05) is 12.1 Å². The van der Waals surface area contributed by atoms with Crippen molar-refractivity contribution in [3.05, 3.63) is 29.8 Å². The van der Waals surface area contributed by atoms with Gasteiger partial charge >= 0.3 is 0 Å². The smallest absolute Gasteiger partial charge is 0.0316 e. The summed E-state index contributed by atoms with van der Waals surface area (Å²) < 4.78 is 0. The van der Waals surface area contributed by atoms with Gasteiger partial charge in [-0.15, -0.1) is 0 Å². The maximum absolute atomic E-state index is 5.76. The Kier molecular flexibility index (Phi) is 8.31. The summed E-state index contributed by atoms with van der Waals surface area (Å²) >= 11 is 0. The van der Waals surface area contributed by atoms with Crippen LogP contribution >= 0.6 is 0 Å². The molecule has 19 heavy (non-hydrogen) atoms. The average molecular weight is 262 g/mol. The zero-order valence-electron chi connectivity index (χ0n) is 12.6. The molecule has 3 N–H and O–H groups in total. The first kappa shape index (κ1) is 16.0. The van der Waals surface area contributed by atoms with Crippen LogP contribution in [0.5, 0.6) is 0 Å². The Labute approximate surface area is 118 Å². The lowest BCUT2D eigenvalue weighted by atomic mass is 10.0.